The Bertz CT molecular complexity index is 1900. The fourth-order valence-corrected chi connectivity index (χ4v) is 5.06. The Morgan fingerprint density at radius 3 is 2.23 bits per heavy atom. The minimum absolute atomic E-state index is 0.0266. The number of esters is 1. The highest BCUT2D eigenvalue weighted by Gasteiger charge is 2.45. The van der Waals surface area contributed by atoms with Gasteiger partial charge in [-0.05, 0) is 78.9 Å². The summed E-state index contributed by atoms with van der Waals surface area (Å²) in [4.78, 5) is 66.1. The lowest BCUT2D eigenvalue weighted by Gasteiger charge is -2.19. The van der Waals surface area contributed by atoms with Gasteiger partial charge < -0.3 is 30.7 Å². The molecule has 272 valence electrons. The van der Waals surface area contributed by atoms with Crippen LogP contribution in [0, 0.1) is 0 Å². The number of anilines is 3. The summed E-state index contributed by atoms with van der Waals surface area (Å²) in [5, 5.41) is 11.6. The van der Waals surface area contributed by atoms with Crippen LogP contribution in [0.5, 0.6) is 6.01 Å². The third kappa shape index (κ3) is 10.6. The number of rotatable bonds is 16. The number of hydrogen-bond donors (Lipinski definition) is 4. The zero-order valence-corrected chi connectivity index (χ0v) is 28.3. The maximum Gasteiger partial charge on any atom is 0.422 e. The highest BCUT2D eigenvalue weighted by Crippen LogP contribution is 2.48. The second-order valence-corrected chi connectivity index (χ2v) is 12.1. The van der Waals surface area contributed by atoms with Crippen molar-refractivity contribution in [3.63, 3.8) is 0 Å². The van der Waals surface area contributed by atoms with Crippen LogP contribution in [0.2, 0.25) is 5.02 Å². The van der Waals surface area contributed by atoms with E-state index in [1.165, 1.54) is 36.7 Å². The van der Waals surface area contributed by atoms with E-state index in [-0.39, 0.29) is 36.8 Å². The number of amides is 2. The molecule has 4 N–H and O–H groups in total. The summed E-state index contributed by atoms with van der Waals surface area (Å²) in [6.07, 6.45) is -0.401. The normalized spacial score (nSPS) is 13.6. The lowest BCUT2D eigenvalue weighted by Crippen LogP contribution is -2.44. The van der Waals surface area contributed by atoms with Gasteiger partial charge in [-0.15, -0.1) is 0 Å². The molecular formula is C34H32ClF3N8O6. The minimum Gasteiger partial charge on any atom is -0.467 e. The van der Waals surface area contributed by atoms with Gasteiger partial charge in [-0.3, -0.25) is 19.4 Å². The number of carbonyl (C=O) groups is 4. The molecule has 52 heavy (non-hydrogen) atoms. The molecule has 0 saturated heterocycles. The number of aromatic nitrogens is 4. The Morgan fingerprint density at radius 1 is 0.923 bits per heavy atom. The molecule has 1 fully saturated rings. The topological polar surface area (TPSA) is 186 Å². The number of alkyl halides is 3. The first kappa shape index (κ1) is 37.4. The number of methoxy groups -OCH3 is 1. The monoisotopic (exact) mass is 740 g/mol. The highest BCUT2D eigenvalue weighted by molar-refractivity contribution is 6.36. The highest BCUT2D eigenvalue weighted by atomic mass is 35.5. The van der Waals surface area contributed by atoms with Crippen molar-refractivity contribution in [1.29, 1.82) is 0 Å². The number of nitrogens with one attached hydrogen (secondary N) is 4. The maximum absolute atomic E-state index is 13.0. The first-order valence-electron chi connectivity index (χ1n) is 15.8. The number of ether oxygens (including phenoxy) is 2. The van der Waals surface area contributed by atoms with Crippen molar-refractivity contribution in [2.45, 2.75) is 43.4 Å². The van der Waals surface area contributed by atoms with E-state index in [2.05, 4.69) is 41.2 Å². The molecule has 2 aromatic carbocycles. The molecule has 2 heterocycles. The summed E-state index contributed by atoms with van der Waals surface area (Å²) in [6, 6.07) is 14.4. The van der Waals surface area contributed by atoms with E-state index in [1.54, 1.807) is 24.3 Å². The molecule has 1 atom stereocenters. The van der Waals surface area contributed by atoms with Gasteiger partial charge in [0, 0.05) is 41.6 Å². The Balaban J connectivity index is 1.21. The summed E-state index contributed by atoms with van der Waals surface area (Å²) < 4.78 is 48.4. The maximum atomic E-state index is 13.0. The molecule has 1 aliphatic rings. The van der Waals surface area contributed by atoms with Gasteiger partial charge in [0.05, 0.1) is 12.6 Å². The zero-order chi connectivity index (χ0) is 37.3. The Morgan fingerprint density at radius 2 is 1.60 bits per heavy atom. The molecule has 0 radical (unpaired) electrons. The summed E-state index contributed by atoms with van der Waals surface area (Å²) in [5.74, 6) is -3.10. The number of Topliss-reactive ketones (excluding diaryl/α,β-unsaturated/α-hetero) is 1. The molecule has 0 bridgehead atoms. The average molecular weight is 741 g/mol. The lowest BCUT2D eigenvalue weighted by atomic mass is 10.1. The van der Waals surface area contributed by atoms with Crippen LogP contribution < -0.4 is 26.0 Å². The fraction of sp³-hybridized carbons (Fsp3) is 0.294. The van der Waals surface area contributed by atoms with Crippen molar-refractivity contribution in [2.24, 2.45) is 0 Å². The van der Waals surface area contributed by atoms with E-state index in [1.807, 2.05) is 12.1 Å². The van der Waals surface area contributed by atoms with Gasteiger partial charge in [0.2, 0.25) is 17.7 Å². The van der Waals surface area contributed by atoms with Gasteiger partial charge in [-0.25, -0.2) is 4.79 Å². The van der Waals surface area contributed by atoms with Gasteiger partial charge in [0.15, 0.2) is 6.61 Å². The lowest BCUT2D eigenvalue weighted by molar-refractivity contribution is -0.154. The van der Waals surface area contributed by atoms with E-state index < -0.39 is 53.9 Å². The summed E-state index contributed by atoms with van der Waals surface area (Å²) in [7, 11) is 1.14. The van der Waals surface area contributed by atoms with Crippen LogP contribution in [-0.2, 0) is 31.1 Å². The van der Waals surface area contributed by atoms with E-state index in [4.69, 9.17) is 21.1 Å². The van der Waals surface area contributed by atoms with Crippen LogP contribution in [0.1, 0.15) is 40.7 Å². The van der Waals surface area contributed by atoms with Crippen LogP contribution >= 0.6 is 11.6 Å². The number of benzene rings is 2. The number of nitrogens with zero attached hydrogens (tertiary/aromatic N) is 4. The summed E-state index contributed by atoms with van der Waals surface area (Å²) in [5.41, 5.74) is 1.46. The van der Waals surface area contributed by atoms with Crippen LogP contribution in [-0.4, -0.2) is 76.0 Å². The largest absolute Gasteiger partial charge is 0.467 e. The quantitative estimate of drug-likeness (QED) is 0.0945. The molecule has 0 unspecified atom stereocenters. The molecule has 18 heteroatoms. The predicted molar refractivity (Wildman–Crippen MR) is 181 cm³/mol. The third-order valence-electron chi connectivity index (χ3n) is 7.76. The molecule has 1 aliphatic carbocycles. The van der Waals surface area contributed by atoms with E-state index in [0.29, 0.717) is 29.1 Å². The standard InChI is InChI=1S/C34H32ClF3N8O6/c1-51-29(50)25(12-17-40-28(49)26(47)18-20-10-15-39-16-11-20)42-27(48)21-2-8-24(9-3-21)41-30-43-31(45-32(44-30)52-19-34(36,37)38)46-33(13-14-33)22-4-6-23(35)7-5-22/h2-11,15-16,25H,12-14,17-19H2,1H3,(H,40,49)(H,42,48)(H2,41,43,44,45,46)/t25-/m0/s1. The smallest absolute Gasteiger partial charge is 0.422 e. The van der Waals surface area contributed by atoms with Gasteiger partial charge in [0.25, 0.3) is 11.8 Å². The molecule has 2 amide bonds. The second kappa shape index (κ2) is 16.5. The van der Waals surface area contributed by atoms with E-state index in [0.717, 1.165) is 12.7 Å². The van der Waals surface area contributed by atoms with Crippen molar-refractivity contribution in [1.82, 2.24) is 30.6 Å². The van der Waals surface area contributed by atoms with Crippen molar-refractivity contribution >= 4 is 52.8 Å². The second-order valence-electron chi connectivity index (χ2n) is 11.6. The molecule has 14 nitrogen and oxygen atoms in total. The minimum atomic E-state index is -4.63. The van der Waals surface area contributed by atoms with Crippen molar-refractivity contribution in [2.75, 3.05) is 30.9 Å². The van der Waals surface area contributed by atoms with Crippen molar-refractivity contribution < 1.29 is 41.8 Å². The van der Waals surface area contributed by atoms with E-state index in [9.17, 15) is 32.3 Å². The Labute approximate surface area is 299 Å². The molecule has 5 rings (SSSR count). The summed E-state index contributed by atoms with van der Waals surface area (Å²) >= 11 is 6.02. The van der Waals surface area contributed by atoms with Crippen LogP contribution in [0.4, 0.5) is 30.8 Å². The molecule has 0 spiro atoms. The average Bonchev–Trinajstić information content (AvgIpc) is 3.90. The van der Waals surface area contributed by atoms with Crippen LogP contribution in [0.15, 0.2) is 73.1 Å². The molecule has 2 aromatic heterocycles. The van der Waals surface area contributed by atoms with Gasteiger partial charge >= 0.3 is 18.2 Å². The van der Waals surface area contributed by atoms with Crippen LogP contribution in [0.25, 0.3) is 0 Å². The van der Waals surface area contributed by atoms with Gasteiger partial charge in [0.1, 0.15) is 6.04 Å². The van der Waals surface area contributed by atoms with Gasteiger partial charge in [-0.1, -0.05) is 23.7 Å². The van der Waals surface area contributed by atoms with Crippen LogP contribution in [0.3, 0.4) is 0 Å². The van der Waals surface area contributed by atoms with Gasteiger partial charge in [-0.2, -0.15) is 28.1 Å². The van der Waals surface area contributed by atoms with Crippen molar-refractivity contribution in [3.8, 4) is 6.01 Å². The van der Waals surface area contributed by atoms with E-state index >= 15 is 0 Å². The molecule has 1 saturated carbocycles. The number of pyridine rings is 1. The molecular weight excluding hydrogens is 709 g/mol. The number of carbonyl (C=O) groups excluding carboxylic acids is 4. The summed E-state index contributed by atoms with van der Waals surface area (Å²) in [6.45, 7) is -1.73. The first-order valence-corrected chi connectivity index (χ1v) is 16.2. The SMILES string of the molecule is COC(=O)[C@H](CCNC(=O)C(=O)Cc1ccncc1)NC(=O)c1ccc(Nc2nc(NC3(c4ccc(Cl)cc4)CC3)nc(OCC(F)(F)F)n2)cc1. The third-order valence-corrected chi connectivity index (χ3v) is 8.01. The fourth-order valence-electron chi connectivity index (χ4n) is 4.93. The van der Waals surface area contributed by atoms with Crippen molar-refractivity contribution in [3.05, 3.63) is 94.8 Å². The first-order chi connectivity index (χ1) is 24.8. The predicted octanol–water partition coefficient (Wildman–Crippen LogP) is 4.30. The molecule has 4 aromatic rings. The zero-order valence-electron chi connectivity index (χ0n) is 27.5. The Kier molecular flexibility index (Phi) is 11.8. The molecule has 0 aliphatic heterocycles. The number of halogens is 4. The number of hydrogen-bond acceptors (Lipinski definition) is 12. The number of ketones is 1. The Hall–Kier alpha value is -5.84.